The van der Waals surface area contributed by atoms with Gasteiger partial charge in [0.15, 0.2) is 0 Å². The maximum atomic E-state index is 11.1. The highest BCUT2D eigenvalue weighted by Crippen LogP contribution is 2.39. The lowest BCUT2D eigenvalue weighted by molar-refractivity contribution is -0.0110. The van der Waals surface area contributed by atoms with Crippen LogP contribution in [0.1, 0.15) is 29.3 Å². The molecule has 7 nitrogen and oxygen atoms in total. The normalized spacial score (nSPS) is 14.4. The monoisotopic (exact) mass is 696 g/mol. The molecule has 11 heteroatoms. The fourth-order valence-electron chi connectivity index (χ4n) is 6.09. The first-order chi connectivity index (χ1) is 22.0. The molecule has 1 heterocycles. The van der Waals surface area contributed by atoms with Crippen molar-refractivity contribution in [1.82, 2.24) is 9.80 Å². The van der Waals surface area contributed by atoms with E-state index >= 15 is 0 Å². The fourth-order valence-corrected chi connectivity index (χ4v) is 6.91. The van der Waals surface area contributed by atoms with Crippen molar-refractivity contribution in [2.75, 3.05) is 86.8 Å². The Balaban J connectivity index is 1.65. The SMILES string of the molecule is COc1cc(N(CCCl)CCCl)ccc1CN1CCCN(Cc2ccc(N(CCCl)CCCl)cc2OC)C1c1ccccc1O. The van der Waals surface area contributed by atoms with Crippen LogP contribution in [0.2, 0.25) is 0 Å². The fraction of sp³-hybridized carbons (Fsp3) is 0.471. The van der Waals surface area contributed by atoms with E-state index in [2.05, 4.69) is 56.0 Å². The van der Waals surface area contributed by atoms with Gasteiger partial charge in [0.1, 0.15) is 17.2 Å². The van der Waals surface area contributed by atoms with Gasteiger partial charge in [0.2, 0.25) is 0 Å². The summed E-state index contributed by atoms with van der Waals surface area (Å²) in [5, 5.41) is 11.1. The Kier molecular flexibility index (Phi) is 14.4. The lowest BCUT2D eigenvalue weighted by Gasteiger charge is -2.44. The molecule has 0 spiro atoms. The highest BCUT2D eigenvalue weighted by Gasteiger charge is 2.33. The number of hydrogen-bond donors (Lipinski definition) is 1. The van der Waals surface area contributed by atoms with Gasteiger partial charge >= 0.3 is 0 Å². The zero-order valence-electron chi connectivity index (χ0n) is 26.1. The van der Waals surface area contributed by atoms with Crippen LogP contribution in [0.25, 0.3) is 0 Å². The molecule has 246 valence electrons. The molecule has 0 amide bonds. The summed E-state index contributed by atoms with van der Waals surface area (Å²) in [6, 6.07) is 20.2. The minimum absolute atomic E-state index is 0.165. The van der Waals surface area contributed by atoms with E-state index in [0.717, 1.165) is 59.1 Å². The molecule has 4 rings (SSSR count). The molecule has 1 aliphatic heterocycles. The number of ether oxygens (including phenoxy) is 2. The number of methoxy groups -OCH3 is 2. The highest BCUT2D eigenvalue weighted by atomic mass is 35.5. The van der Waals surface area contributed by atoms with Crippen molar-refractivity contribution in [1.29, 1.82) is 0 Å². The van der Waals surface area contributed by atoms with Gasteiger partial charge in [-0.1, -0.05) is 30.3 Å². The Morgan fingerprint density at radius 3 is 1.53 bits per heavy atom. The second-order valence-corrected chi connectivity index (χ2v) is 12.5. The number of phenols is 1. The zero-order chi connectivity index (χ0) is 32.2. The molecule has 1 N–H and O–H groups in total. The zero-order valence-corrected chi connectivity index (χ0v) is 29.1. The number of rotatable bonds is 17. The van der Waals surface area contributed by atoms with Crippen LogP contribution in [0.3, 0.4) is 0 Å². The van der Waals surface area contributed by atoms with E-state index in [1.165, 1.54) is 0 Å². The van der Waals surface area contributed by atoms with Crippen molar-refractivity contribution in [3.63, 3.8) is 0 Å². The number of halogens is 4. The Morgan fingerprint density at radius 2 is 1.13 bits per heavy atom. The molecule has 45 heavy (non-hydrogen) atoms. The van der Waals surface area contributed by atoms with Gasteiger partial charge in [-0.05, 0) is 24.6 Å². The van der Waals surface area contributed by atoms with E-state index in [1.807, 2.05) is 18.2 Å². The van der Waals surface area contributed by atoms with Gasteiger partial charge in [-0.2, -0.15) is 0 Å². The molecule has 0 bridgehead atoms. The molecule has 0 aromatic heterocycles. The van der Waals surface area contributed by atoms with Crippen LogP contribution in [0.15, 0.2) is 60.7 Å². The number of alkyl halides is 4. The standard InChI is InChI=1S/C34H44Cl4N4O3/c1-44-32-22-28(39(18-12-35)19-13-36)10-8-26(32)24-41-16-5-17-42(34(41)30-6-3-4-7-31(30)43)25-27-9-11-29(23-33(27)45-2)40(20-14-37)21-15-38/h3-4,6-11,22-23,34,43H,5,12-21,24-25H2,1-2H3. The Labute approximate surface area is 288 Å². The Morgan fingerprint density at radius 1 is 0.689 bits per heavy atom. The van der Waals surface area contributed by atoms with E-state index in [4.69, 9.17) is 55.9 Å². The maximum Gasteiger partial charge on any atom is 0.125 e. The predicted molar refractivity (Wildman–Crippen MR) is 190 cm³/mol. The van der Waals surface area contributed by atoms with E-state index in [1.54, 1.807) is 20.3 Å². The van der Waals surface area contributed by atoms with Gasteiger partial charge < -0.3 is 24.4 Å². The smallest absolute Gasteiger partial charge is 0.125 e. The van der Waals surface area contributed by atoms with Crippen LogP contribution in [0, 0.1) is 0 Å². The van der Waals surface area contributed by atoms with E-state index in [9.17, 15) is 5.11 Å². The van der Waals surface area contributed by atoms with Gasteiger partial charge in [0.25, 0.3) is 0 Å². The molecule has 3 aromatic rings. The van der Waals surface area contributed by atoms with Gasteiger partial charge in [0.05, 0.1) is 20.4 Å². The molecule has 0 atom stereocenters. The minimum Gasteiger partial charge on any atom is -0.508 e. The average molecular weight is 699 g/mol. The molecule has 0 unspecified atom stereocenters. The van der Waals surface area contributed by atoms with Crippen molar-refractivity contribution in [3.8, 4) is 17.2 Å². The molecule has 0 radical (unpaired) electrons. The van der Waals surface area contributed by atoms with Gasteiger partial charge in [-0.15, -0.1) is 46.4 Å². The molecular weight excluding hydrogens is 654 g/mol. The summed E-state index contributed by atoms with van der Waals surface area (Å²) in [4.78, 5) is 9.16. The summed E-state index contributed by atoms with van der Waals surface area (Å²) in [6.07, 6.45) is 0.810. The quantitative estimate of drug-likeness (QED) is 0.148. The highest BCUT2D eigenvalue weighted by molar-refractivity contribution is 6.19. The van der Waals surface area contributed by atoms with Crippen LogP contribution in [-0.4, -0.2) is 91.9 Å². The van der Waals surface area contributed by atoms with E-state index in [0.29, 0.717) is 62.8 Å². The van der Waals surface area contributed by atoms with Crippen molar-refractivity contribution in [2.24, 2.45) is 0 Å². The molecule has 1 aliphatic rings. The van der Waals surface area contributed by atoms with Gasteiger partial charge in [-0.3, -0.25) is 9.80 Å². The number of anilines is 2. The van der Waals surface area contributed by atoms with Crippen LogP contribution in [-0.2, 0) is 13.1 Å². The lowest BCUT2D eigenvalue weighted by atomic mass is 10.0. The van der Waals surface area contributed by atoms with Crippen LogP contribution >= 0.6 is 46.4 Å². The summed E-state index contributed by atoms with van der Waals surface area (Å²) >= 11 is 24.3. The lowest BCUT2D eigenvalue weighted by Crippen LogP contribution is -2.47. The Bertz CT molecular complexity index is 1260. The topological polar surface area (TPSA) is 51.7 Å². The number of benzene rings is 3. The van der Waals surface area contributed by atoms with Crippen molar-refractivity contribution < 1.29 is 14.6 Å². The first-order valence-corrected chi connectivity index (χ1v) is 17.4. The van der Waals surface area contributed by atoms with Gasteiger partial charge in [-0.25, -0.2) is 0 Å². The third-order valence-corrected chi connectivity index (χ3v) is 8.91. The number of nitrogens with zero attached hydrogens (tertiary/aromatic N) is 4. The van der Waals surface area contributed by atoms with Crippen molar-refractivity contribution in [3.05, 3.63) is 77.4 Å². The molecule has 1 fully saturated rings. The second kappa shape index (κ2) is 18.2. The summed E-state index contributed by atoms with van der Waals surface area (Å²) in [6.45, 7) is 5.84. The van der Waals surface area contributed by atoms with Crippen LogP contribution in [0.5, 0.6) is 17.2 Å². The molecule has 0 saturated carbocycles. The van der Waals surface area contributed by atoms with Crippen molar-refractivity contribution in [2.45, 2.75) is 25.7 Å². The van der Waals surface area contributed by atoms with Gasteiger partial charge in [0, 0.05) is 116 Å². The molecule has 0 aliphatic carbocycles. The third kappa shape index (κ3) is 9.18. The first kappa shape index (κ1) is 35.6. The second-order valence-electron chi connectivity index (χ2n) is 10.9. The maximum absolute atomic E-state index is 11.1. The average Bonchev–Trinajstić information content (AvgIpc) is 3.05. The van der Waals surface area contributed by atoms with E-state index < -0.39 is 0 Å². The van der Waals surface area contributed by atoms with E-state index in [-0.39, 0.29) is 11.9 Å². The minimum atomic E-state index is -0.165. The molecule has 1 saturated heterocycles. The largest absolute Gasteiger partial charge is 0.508 e. The number of para-hydroxylation sites is 1. The number of aromatic hydroxyl groups is 1. The summed E-state index contributed by atoms with van der Waals surface area (Å²) in [7, 11) is 3.41. The third-order valence-electron chi connectivity index (χ3n) is 8.23. The number of hydrogen-bond acceptors (Lipinski definition) is 7. The predicted octanol–water partition coefficient (Wildman–Crippen LogP) is 7.38. The van der Waals surface area contributed by atoms with Crippen LogP contribution in [0.4, 0.5) is 11.4 Å². The molecular formula is C34H44Cl4N4O3. The summed E-state index contributed by atoms with van der Waals surface area (Å²) in [5.41, 5.74) is 5.07. The summed E-state index contributed by atoms with van der Waals surface area (Å²) in [5.74, 6) is 3.95. The first-order valence-electron chi connectivity index (χ1n) is 15.3. The molecule has 3 aromatic carbocycles. The van der Waals surface area contributed by atoms with Crippen molar-refractivity contribution >= 4 is 57.8 Å². The summed E-state index contributed by atoms with van der Waals surface area (Å²) < 4.78 is 11.8. The number of phenolic OH excluding ortho intramolecular Hbond substituents is 1. The Hall–Kier alpha value is -2.26. The van der Waals surface area contributed by atoms with Crippen LogP contribution < -0.4 is 19.3 Å².